The van der Waals surface area contributed by atoms with Crippen molar-refractivity contribution < 1.29 is 14.3 Å². The summed E-state index contributed by atoms with van der Waals surface area (Å²) >= 11 is 0. The van der Waals surface area contributed by atoms with Gasteiger partial charge in [0.2, 0.25) is 12.6 Å². The lowest BCUT2D eigenvalue weighted by molar-refractivity contribution is 0.101. The Labute approximate surface area is 114 Å². The van der Waals surface area contributed by atoms with E-state index in [1.54, 1.807) is 18.2 Å². The summed E-state index contributed by atoms with van der Waals surface area (Å²) in [7, 11) is 0. The molecule has 0 unspecified atom stereocenters. The van der Waals surface area contributed by atoms with Gasteiger partial charge in [-0.25, -0.2) is 4.98 Å². The summed E-state index contributed by atoms with van der Waals surface area (Å²) in [5.74, 6) is 2.35. The maximum Gasteiger partial charge on any atom is 0.295 e. The summed E-state index contributed by atoms with van der Waals surface area (Å²) in [5.41, 5.74) is 0.622. The van der Waals surface area contributed by atoms with Crippen LogP contribution in [0.2, 0.25) is 0 Å². The second-order valence-electron chi connectivity index (χ2n) is 4.84. The normalized spacial score (nSPS) is 16.2. The number of amides is 1. The summed E-state index contributed by atoms with van der Waals surface area (Å²) in [6.07, 6.45) is 2.22. The van der Waals surface area contributed by atoms with Gasteiger partial charge in [0, 0.05) is 17.7 Å². The molecule has 4 rings (SSSR count). The van der Waals surface area contributed by atoms with Crippen LogP contribution in [0.4, 0.5) is 5.69 Å². The van der Waals surface area contributed by atoms with E-state index in [0.29, 0.717) is 23.1 Å². The second kappa shape index (κ2) is 4.22. The Hall–Kier alpha value is -2.57. The smallest absolute Gasteiger partial charge is 0.295 e. The third-order valence-corrected chi connectivity index (χ3v) is 3.30. The van der Waals surface area contributed by atoms with Gasteiger partial charge < -0.3 is 14.8 Å². The monoisotopic (exact) mass is 272 g/mol. The zero-order valence-electron chi connectivity index (χ0n) is 10.5. The van der Waals surface area contributed by atoms with Crippen LogP contribution in [0, 0.1) is 0 Å². The van der Waals surface area contributed by atoms with Crippen LogP contribution in [-0.2, 0) is 0 Å². The molecule has 1 fully saturated rings. The van der Waals surface area contributed by atoms with Crippen molar-refractivity contribution in [3.05, 3.63) is 29.8 Å². The number of fused-ring (bicyclic) bond motifs is 1. The molecule has 1 aromatic heterocycles. The van der Waals surface area contributed by atoms with Crippen LogP contribution in [0.25, 0.3) is 0 Å². The Morgan fingerprint density at radius 3 is 3.00 bits per heavy atom. The number of benzene rings is 1. The number of hydrogen-bond donors (Lipinski definition) is 2. The van der Waals surface area contributed by atoms with Crippen LogP contribution in [0.3, 0.4) is 0 Å². The fourth-order valence-corrected chi connectivity index (χ4v) is 2.08. The molecule has 20 heavy (non-hydrogen) atoms. The molecule has 2 aromatic rings. The molecule has 1 aliphatic carbocycles. The fraction of sp³-hybridized carbons (Fsp3) is 0.308. The van der Waals surface area contributed by atoms with Crippen LogP contribution >= 0.6 is 0 Å². The molecule has 1 aromatic carbocycles. The molecule has 1 aliphatic heterocycles. The topological polar surface area (TPSA) is 89.1 Å². The van der Waals surface area contributed by atoms with E-state index in [-0.39, 0.29) is 18.5 Å². The van der Waals surface area contributed by atoms with Gasteiger partial charge in [-0.1, -0.05) is 0 Å². The predicted octanol–water partition coefficient (Wildman–Crippen LogP) is 1.66. The zero-order valence-corrected chi connectivity index (χ0v) is 10.5. The molecule has 1 saturated carbocycles. The number of H-pyrrole nitrogens is 1. The number of aromatic amines is 1. The lowest BCUT2D eigenvalue weighted by Gasteiger charge is -2.03. The number of carbonyl (C=O) groups excluding carboxylic acids is 1. The maximum atomic E-state index is 12.0. The highest BCUT2D eigenvalue weighted by atomic mass is 16.7. The van der Waals surface area contributed by atoms with Crippen molar-refractivity contribution >= 4 is 11.6 Å². The quantitative estimate of drug-likeness (QED) is 0.887. The van der Waals surface area contributed by atoms with Gasteiger partial charge >= 0.3 is 0 Å². The highest BCUT2D eigenvalue weighted by Gasteiger charge is 2.28. The number of nitrogens with zero attached hydrogens (tertiary/aromatic N) is 2. The lowest BCUT2D eigenvalue weighted by Crippen LogP contribution is -2.13. The summed E-state index contributed by atoms with van der Waals surface area (Å²) in [6, 6.07) is 5.22. The average Bonchev–Trinajstić information content (AvgIpc) is 3.01. The lowest BCUT2D eigenvalue weighted by atomic mass is 10.3. The molecule has 1 amide bonds. The van der Waals surface area contributed by atoms with E-state index in [0.717, 1.165) is 18.7 Å². The zero-order chi connectivity index (χ0) is 13.5. The van der Waals surface area contributed by atoms with Gasteiger partial charge in [0.25, 0.3) is 5.91 Å². The van der Waals surface area contributed by atoms with Crippen molar-refractivity contribution in [2.45, 2.75) is 18.8 Å². The Bertz CT molecular complexity index is 678. The standard InChI is InChI=1S/C13H12N4O3/c18-13(12-15-11(16-17-12)7-1-2-7)14-8-3-4-9-10(5-8)20-6-19-9/h3-5,7H,1-2,6H2,(H,14,18)(H,15,16,17). The fourth-order valence-electron chi connectivity index (χ4n) is 2.08. The van der Waals surface area contributed by atoms with Crippen molar-refractivity contribution in [1.29, 1.82) is 0 Å². The average molecular weight is 272 g/mol. The Morgan fingerprint density at radius 1 is 1.30 bits per heavy atom. The third-order valence-electron chi connectivity index (χ3n) is 3.30. The first kappa shape index (κ1) is 11.3. The summed E-state index contributed by atoms with van der Waals surface area (Å²) < 4.78 is 10.5. The minimum absolute atomic E-state index is 0.157. The van der Waals surface area contributed by atoms with E-state index < -0.39 is 0 Å². The van der Waals surface area contributed by atoms with Gasteiger partial charge in [0.15, 0.2) is 11.5 Å². The molecular formula is C13H12N4O3. The number of anilines is 1. The van der Waals surface area contributed by atoms with E-state index in [1.807, 2.05) is 0 Å². The highest BCUT2D eigenvalue weighted by molar-refractivity contribution is 6.01. The minimum Gasteiger partial charge on any atom is -0.454 e. The van der Waals surface area contributed by atoms with Crippen molar-refractivity contribution in [1.82, 2.24) is 15.2 Å². The van der Waals surface area contributed by atoms with Gasteiger partial charge in [-0.05, 0) is 25.0 Å². The van der Waals surface area contributed by atoms with Crippen LogP contribution in [0.5, 0.6) is 11.5 Å². The van der Waals surface area contributed by atoms with Crippen molar-refractivity contribution in [3.63, 3.8) is 0 Å². The highest BCUT2D eigenvalue weighted by Crippen LogP contribution is 2.38. The van der Waals surface area contributed by atoms with Crippen molar-refractivity contribution in [3.8, 4) is 11.5 Å². The van der Waals surface area contributed by atoms with Crippen LogP contribution < -0.4 is 14.8 Å². The first-order chi connectivity index (χ1) is 9.79. The summed E-state index contributed by atoms with van der Waals surface area (Å²) in [6.45, 7) is 0.207. The van der Waals surface area contributed by atoms with Gasteiger partial charge in [-0.3, -0.25) is 9.89 Å². The molecule has 2 heterocycles. The molecule has 7 nitrogen and oxygen atoms in total. The van der Waals surface area contributed by atoms with Gasteiger partial charge in [-0.2, -0.15) is 0 Å². The molecule has 0 saturated heterocycles. The number of ether oxygens (including phenoxy) is 2. The molecule has 0 spiro atoms. The third kappa shape index (κ3) is 1.97. The van der Waals surface area contributed by atoms with E-state index in [1.165, 1.54) is 0 Å². The van der Waals surface area contributed by atoms with E-state index in [2.05, 4.69) is 20.5 Å². The Balaban J connectivity index is 1.51. The summed E-state index contributed by atoms with van der Waals surface area (Å²) in [4.78, 5) is 16.2. The van der Waals surface area contributed by atoms with Gasteiger partial charge in [0.05, 0.1) is 0 Å². The maximum absolute atomic E-state index is 12.0. The van der Waals surface area contributed by atoms with Crippen LogP contribution in [-0.4, -0.2) is 27.9 Å². The van der Waals surface area contributed by atoms with Crippen molar-refractivity contribution in [2.75, 3.05) is 12.1 Å². The molecule has 7 heteroatoms. The summed E-state index contributed by atoms with van der Waals surface area (Å²) in [5, 5.41) is 9.49. The number of hydrogen-bond acceptors (Lipinski definition) is 5. The number of carbonyl (C=O) groups is 1. The minimum atomic E-state index is -0.341. The van der Waals surface area contributed by atoms with E-state index in [9.17, 15) is 4.79 Å². The molecule has 2 aliphatic rings. The van der Waals surface area contributed by atoms with Gasteiger partial charge in [0.1, 0.15) is 5.82 Å². The van der Waals surface area contributed by atoms with E-state index in [4.69, 9.17) is 9.47 Å². The Kier molecular flexibility index (Phi) is 2.38. The molecule has 0 bridgehead atoms. The largest absolute Gasteiger partial charge is 0.454 e. The van der Waals surface area contributed by atoms with E-state index >= 15 is 0 Å². The number of aromatic nitrogens is 3. The van der Waals surface area contributed by atoms with Crippen molar-refractivity contribution in [2.24, 2.45) is 0 Å². The molecule has 0 radical (unpaired) electrons. The number of nitrogens with one attached hydrogen (secondary N) is 2. The first-order valence-corrected chi connectivity index (χ1v) is 6.43. The number of rotatable bonds is 3. The molecule has 102 valence electrons. The first-order valence-electron chi connectivity index (χ1n) is 6.43. The molecule has 0 atom stereocenters. The second-order valence-corrected chi connectivity index (χ2v) is 4.84. The van der Waals surface area contributed by atoms with Crippen LogP contribution in [0.1, 0.15) is 35.2 Å². The molecular weight excluding hydrogens is 260 g/mol. The van der Waals surface area contributed by atoms with Crippen LogP contribution in [0.15, 0.2) is 18.2 Å². The Morgan fingerprint density at radius 2 is 2.15 bits per heavy atom. The molecule has 2 N–H and O–H groups in total. The van der Waals surface area contributed by atoms with Gasteiger partial charge in [-0.15, -0.1) is 5.10 Å². The predicted molar refractivity (Wildman–Crippen MR) is 68.9 cm³/mol. The SMILES string of the molecule is O=C(Nc1ccc2c(c1)OCO2)c1n[nH]c(C2CC2)n1.